The van der Waals surface area contributed by atoms with Gasteiger partial charge in [0.25, 0.3) is 5.91 Å². The number of hydrogen-bond acceptors (Lipinski definition) is 3. The first-order chi connectivity index (χ1) is 13.1. The van der Waals surface area contributed by atoms with Gasteiger partial charge in [-0.15, -0.1) is 0 Å². The Bertz CT molecular complexity index is 967. The van der Waals surface area contributed by atoms with E-state index in [1.165, 1.54) is 22.2 Å². The molecule has 0 radical (unpaired) electrons. The van der Waals surface area contributed by atoms with Crippen molar-refractivity contribution in [3.8, 4) is 0 Å². The van der Waals surface area contributed by atoms with E-state index in [0.717, 1.165) is 31.7 Å². The fourth-order valence-electron chi connectivity index (χ4n) is 4.29. The Balaban J connectivity index is 1.52. The number of para-hydroxylation sites is 1. The summed E-state index contributed by atoms with van der Waals surface area (Å²) >= 11 is 0. The van der Waals surface area contributed by atoms with Gasteiger partial charge >= 0.3 is 0 Å². The van der Waals surface area contributed by atoms with Crippen molar-refractivity contribution in [3.05, 3.63) is 59.4 Å². The van der Waals surface area contributed by atoms with E-state index in [0.29, 0.717) is 11.5 Å². The molecule has 1 amide bonds. The number of aryl methyl sites for hydroxylation is 1. The van der Waals surface area contributed by atoms with Crippen LogP contribution in [-0.4, -0.2) is 48.0 Å². The number of H-pyrrole nitrogens is 1. The number of benzene rings is 1. The van der Waals surface area contributed by atoms with Crippen LogP contribution in [0.15, 0.2) is 42.6 Å². The minimum absolute atomic E-state index is 0.0842. The van der Waals surface area contributed by atoms with Crippen molar-refractivity contribution in [1.29, 1.82) is 0 Å². The molecule has 1 N–H and O–H groups in total. The minimum atomic E-state index is 0.0842. The molecule has 1 saturated heterocycles. The van der Waals surface area contributed by atoms with Crippen LogP contribution in [0.3, 0.4) is 0 Å². The Morgan fingerprint density at radius 2 is 1.89 bits per heavy atom. The third kappa shape index (κ3) is 3.18. The van der Waals surface area contributed by atoms with Crippen molar-refractivity contribution in [3.63, 3.8) is 0 Å². The Labute approximate surface area is 160 Å². The van der Waals surface area contributed by atoms with Crippen LogP contribution in [0.1, 0.15) is 40.4 Å². The van der Waals surface area contributed by atoms with Crippen molar-refractivity contribution < 1.29 is 4.79 Å². The van der Waals surface area contributed by atoms with Gasteiger partial charge in [-0.25, -0.2) is 4.98 Å². The molecule has 0 saturated carbocycles. The average molecular weight is 362 g/mol. The first-order valence-electron chi connectivity index (χ1n) is 9.55. The highest BCUT2D eigenvalue weighted by molar-refractivity contribution is 5.99. The van der Waals surface area contributed by atoms with Gasteiger partial charge in [-0.2, -0.15) is 0 Å². The largest absolute Gasteiger partial charge is 0.362 e. The molecule has 0 unspecified atom stereocenters. The van der Waals surface area contributed by atoms with E-state index < -0.39 is 0 Å². The fourth-order valence-corrected chi connectivity index (χ4v) is 4.29. The van der Waals surface area contributed by atoms with E-state index in [4.69, 9.17) is 0 Å². The van der Waals surface area contributed by atoms with Crippen LogP contribution in [0.2, 0.25) is 0 Å². The van der Waals surface area contributed by atoms with Gasteiger partial charge in [0, 0.05) is 50.0 Å². The summed E-state index contributed by atoms with van der Waals surface area (Å²) < 4.78 is 0. The van der Waals surface area contributed by atoms with Crippen LogP contribution in [0.5, 0.6) is 0 Å². The number of rotatable bonds is 3. The quantitative estimate of drug-likeness (QED) is 0.767. The number of likely N-dealkylation sites (tertiary alicyclic amines) is 1. The Morgan fingerprint density at radius 1 is 1.15 bits per heavy atom. The van der Waals surface area contributed by atoms with Crippen molar-refractivity contribution in [2.24, 2.45) is 0 Å². The average Bonchev–Trinajstić information content (AvgIpc) is 3.03. The molecule has 1 fully saturated rings. The summed E-state index contributed by atoms with van der Waals surface area (Å²) in [5.74, 6) is 1.31. The molecule has 1 aliphatic heterocycles. The van der Waals surface area contributed by atoms with E-state index in [1.807, 2.05) is 36.0 Å². The van der Waals surface area contributed by atoms with Crippen LogP contribution in [0.25, 0.3) is 10.9 Å². The Kier molecular flexibility index (Phi) is 4.60. The summed E-state index contributed by atoms with van der Waals surface area (Å²) in [6.45, 7) is 3.72. The number of nitrogens with zero attached hydrogens (tertiary/aromatic N) is 3. The second kappa shape index (κ2) is 7.06. The second-order valence-corrected chi connectivity index (χ2v) is 7.54. The first-order valence-corrected chi connectivity index (χ1v) is 9.55. The molecule has 0 aliphatic carbocycles. The number of fused-ring (bicyclic) bond motifs is 1. The Hall–Kier alpha value is -2.82. The number of amides is 1. The third-order valence-electron chi connectivity index (χ3n) is 5.57. The highest BCUT2D eigenvalue weighted by atomic mass is 16.2. The molecule has 1 aliphatic rings. The molecule has 2 aromatic heterocycles. The number of nitrogens with one attached hydrogen (secondary N) is 1. The summed E-state index contributed by atoms with van der Waals surface area (Å²) in [6, 6.07) is 12.2. The lowest BCUT2D eigenvalue weighted by Crippen LogP contribution is -2.38. The number of hydrogen-bond donors (Lipinski definition) is 1. The van der Waals surface area contributed by atoms with E-state index in [2.05, 4.69) is 41.2 Å². The van der Waals surface area contributed by atoms with Crippen molar-refractivity contribution in [2.45, 2.75) is 25.7 Å². The normalized spacial score (nSPS) is 15.3. The van der Waals surface area contributed by atoms with Gasteiger partial charge < -0.3 is 14.8 Å². The summed E-state index contributed by atoms with van der Waals surface area (Å²) in [5, 5.41) is 1.32. The highest BCUT2D eigenvalue weighted by Crippen LogP contribution is 2.36. The van der Waals surface area contributed by atoms with E-state index >= 15 is 0 Å². The van der Waals surface area contributed by atoms with E-state index in [1.54, 1.807) is 6.20 Å². The molecule has 0 spiro atoms. The van der Waals surface area contributed by atoms with Crippen molar-refractivity contribution in [1.82, 2.24) is 14.9 Å². The molecule has 5 heteroatoms. The molecule has 140 valence electrons. The second-order valence-electron chi connectivity index (χ2n) is 7.54. The van der Waals surface area contributed by atoms with Crippen LogP contribution < -0.4 is 4.90 Å². The van der Waals surface area contributed by atoms with Gasteiger partial charge in [-0.05, 0) is 49.4 Å². The number of aromatic nitrogens is 2. The molecule has 0 bridgehead atoms. The number of anilines is 1. The predicted molar refractivity (Wildman–Crippen MR) is 109 cm³/mol. The van der Waals surface area contributed by atoms with Gasteiger partial charge in [0.2, 0.25) is 0 Å². The number of aromatic amines is 1. The lowest BCUT2D eigenvalue weighted by molar-refractivity contribution is 0.0713. The standard InChI is InChI=1S/C22H26N4O/c1-15-20(17-7-4-5-9-19(17)24-15)16-10-13-26(14-11-16)22(27)18-8-6-12-23-21(18)25(2)3/h4-9,12,16,24H,10-11,13-14H2,1-3H3. The zero-order valence-electron chi connectivity index (χ0n) is 16.2. The number of carbonyl (C=O) groups is 1. The van der Waals surface area contributed by atoms with Gasteiger partial charge in [-0.1, -0.05) is 18.2 Å². The van der Waals surface area contributed by atoms with Gasteiger partial charge in [0.05, 0.1) is 5.56 Å². The van der Waals surface area contributed by atoms with Gasteiger partial charge in [0.1, 0.15) is 5.82 Å². The van der Waals surface area contributed by atoms with Crippen LogP contribution >= 0.6 is 0 Å². The van der Waals surface area contributed by atoms with Crippen molar-refractivity contribution >= 4 is 22.6 Å². The van der Waals surface area contributed by atoms with Crippen LogP contribution in [-0.2, 0) is 0 Å². The van der Waals surface area contributed by atoms with Gasteiger partial charge in [0.15, 0.2) is 0 Å². The fraction of sp³-hybridized carbons (Fsp3) is 0.364. The first kappa shape index (κ1) is 17.6. The number of pyridine rings is 1. The number of carbonyl (C=O) groups excluding carboxylic acids is 1. The summed E-state index contributed by atoms with van der Waals surface area (Å²) in [5.41, 5.74) is 4.56. The number of piperidine rings is 1. The molecule has 27 heavy (non-hydrogen) atoms. The van der Waals surface area contributed by atoms with Crippen LogP contribution in [0, 0.1) is 6.92 Å². The molecular weight excluding hydrogens is 336 g/mol. The monoisotopic (exact) mass is 362 g/mol. The van der Waals surface area contributed by atoms with E-state index in [-0.39, 0.29) is 5.91 Å². The minimum Gasteiger partial charge on any atom is -0.362 e. The lowest BCUT2D eigenvalue weighted by atomic mass is 9.87. The highest BCUT2D eigenvalue weighted by Gasteiger charge is 2.28. The lowest BCUT2D eigenvalue weighted by Gasteiger charge is -2.33. The summed E-state index contributed by atoms with van der Waals surface area (Å²) in [7, 11) is 3.84. The van der Waals surface area contributed by atoms with Crippen LogP contribution in [0.4, 0.5) is 5.82 Å². The topological polar surface area (TPSA) is 52.2 Å². The molecule has 3 heterocycles. The maximum atomic E-state index is 13.1. The summed E-state index contributed by atoms with van der Waals surface area (Å²) in [4.78, 5) is 24.8. The predicted octanol–water partition coefficient (Wildman–Crippen LogP) is 3.96. The molecular formula is C22H26N4O. The molecule has 3 aromatic rings. The maximum Gasteiger partial charge on any atom is 0.257 e. The molecule has 5 nitrogen and oxygen atoms in total. The zero-order chi connectivity index (χ0) is 19.0. The SMILES string of the molecule is Cc1[nH]c2ccccc2c1C1CCN(C(=O)c2cccnc2N(C)C)CC1. The maximum absolute atomic E-state index is 13.1. The zero-order valence-corrected chi connectivity index (χ0v) is 16.2. The summed E-state index contributed by atoms with van der Waals surface area (Å²) in [6.07, 6.45) is 3.72. The molecule has 0 atom stereocenters. The molecule has 4 rings (SSSR count). The van der Waals surface area contributed by atoms with Gasteiger partial charge in [-0.3, -0.25) is 4.79 Å². The van der Waals surface area contributed by atoms with E-state index in [9.17, 15) is 4.79 Å². The third-order valence-corrected chi connectivity index (χ3v) is 5.57. The van der Waals surface area contributed by atoms with Crippen molar-refractivity contribution in [2.75, 3.05) is 32.1 Å². The smallest absolute Gasteiger partial charge is 0.257 e. The Morgan fingerprint density at radius 3 is 2.63 bits per heavy atom. The molecule has 1 aromatic carbocycles.